The zero-order chi connectivity index (χ0) is 26.5. The van der Waals surface area contributed by atoms with Gasteiger partial charge >= 0.3 is 5.97 Å². The Morgan fingerprint density at radius 3 is 2.32 bits per heavy atom. The van der Waals surface area contributed by atoms with Gasteiger partial charge in [0, 0.05) is 79.5 Å². The van der Waals surface area contributed by atoms with Gasteiger partial charge in [-0.2, -0.15) is 4.41 Å². The molecule has 1 fully saturated rings. The molecule has 0 radical (unpaired) electrons. The number of carbonyl (C=O) groups is 2. The number of nitrogens with zero attached hydrogens (tertiary/aromatic N) is 4. The summed E-state index contributed by atoms with van der Waals surface area (Å²) in [5.41, 5.74) is 4.89. The first-order valence-corrected chi connectivity index (χ1v) is 13.4. The van der Waals surface area contributed by atoms with E-state index in [-0.39, 0.29) is 12.3 Å². The molecule has 37 heavy (non-hydrogen) atoms. The first-order valence-electron chi connectivity index (χ1n) is 12.4. The predicted molar refractivity (Wildman–Crippen MR) is 141 cm³/mol. The third-order valence-electron chi connectivity index (χ3n) is 6.70. The maximum absolute atomic E-state index is 12.0. The van der Waals surface area contributed by atoms with Crippen LogP contribution in [0.4, 0.5) is 11.4 Å². The number of carboxylic acids is 1. The quantitative estimate of drug-likeness (QED) is 0.458. The topological polar surface area (TPSA) is 107 Å². The van der Waals surface area contributed by atoms with Crippen LogP contribution < -0.4 is 9.80 Å². The van der Waals surface area contributed by atoms with Crippen molar-refractivity contribution in [3.05, 3.63) is 59.2 Å². The molecule has 2 heterocycles. The maximum atomic E-state index is 12.0. The van der Waals surface area contributed by atoms with Crippen molar-refractivity contribution in [3.63, 3.8) is 0 Å². The molecule has 2 aliphatic rings. The smallest absolute Gasteiger partial charge is 0.305 e. The number of amides is 1. The molecule has 0 aromatic heterocycles. The Morgan fingerprint density at radius 2 is 1.70 bits per heavy atom. The van der Waals surface area contributed by atoms with Crippen molar-refractivity contribution in [2.75, 3.05) is 42.5 Å². The minimum Gasteiger partial charge on any atom is -0.759 e. The second-order valence-corrected chi connectivity index (χ2v) is 10.1. The van der Waals surface area contributed by atoms with Crippen LogP contribution in [0.25, 0.3) is 0 Å². The van der Waals surface area contributed by atoms with Gasteiger partial charge in [0.25, 0.3) is 0 Å². The number of anilines is 2. The molecule has 2 atom stereocenters. The molecular weight excluding hydrogens is 492 g/mol. The van der Waals surface area contributed by atoms with Crippen molar-refractivity contribution in [2.24, 2.45) is 0 Å². The highest BCUT2D eigenvalue weighted by atomic mass is 32.2. The average Bonchev–Trinajstić information content (AvgIpc) is 2.87. The van der Waals surface area contributed by atoms with Crippen molar-refractivity contribution in [1.29, 1.82) is 0 Å². The number of carboxylic acid groups (broad SMARTS) is 1. The lowest BCUT2D eigenvalue weighted by molar-refractivity contribution is -0.139. The number of piperazine rings is 1. The molecule has 0 aliphatic carbocycles. The Hall–Kier alpha value is -3.23. The van der Waals surface area contributed by atoms with Crippen LogP contribution in [0.15, 0.2) is 42.5 Å². The summed E-state index contributed by atoms with van der Waals surface area (Å²) < 4.78 is 24.6. The summed E-state index contributed by atoms with van der Waals surface area (Å²) >= 11 is -2.54. The van der Waals surface area contributed by atoms with Gasteiger partial charge in [0.1, 0.15) is 0 Å². The van der Waals surface area contributed by atoms with Crippen LogP contribution in [0.1, 0.15) is 43.4 Å². The van der Waals surface area contributed by atoms with E-state index in [1.54, 1.807) is 18.9 Å². The summed E-state index contributed by atoms with van der Waals surface area (Å²) in [5, 5.41) is 10.7. The van der Waals surface area contributed by atoms with Crippen LogP contribution in [0.2, 0.25) is 0 Å². The van der Waals surface area contributed by atoms with Crippen molar-refractivity contribution in [1.82, 2.24) is 9.42 Å². The standard InChI is InChI=1S/C27H32N4O5S/c1-20(18-27(33)34)31(37(35)36)29-16-14-28(15-17-29)25-11-8-22(9-12-25)5-6-23-7-10-24-4-3-13-30(21(2)32)26(24)19-23/h7-12,19-20H,3-4,13-18H2,1-2H3,(H,33,34)(H,35,36)/p-1. The Balaban J connectivity index is 1.39. The summed E-state index contributed by atoms with van der Waals surface area (Å²) in [4.78, 5) is 27.0. The van der Waals surface area contributed by atoms with Crippen molar-refractivity contribution in [2.45, 2.75) is 39.2 Å². The number of hydrazine groups is 1. The monoisotopic (exact) mass is 523 g/mol. The highest BCUT2D eigenvalue weighted by Crippen LogP contribution is 2.28. The van der Waals surface area contributed by atoms with Gasteiger partial charge in [0.15, 0.2) is 0 Å². The zero-order valence-electron chi connectivity index (χ0n) is 21.1. The summed E-state index contributed by atoms with van der Waals surface area (Å²) in [5.74, 6) is 5.42. The van der Waals surface area contributed by atoms with Gasteiger partial charge < -0.3 is 19.5 Å². The van der Waals surface area contributed by atoms with E-state index in [4.69, 9.17) is 5.11 Å². The molecule has 2 aromatic rings. The Bertz CT molecular complexity index is 1230. The lowest BCUT2D eigenvalue weighted by Gasteiger charge is -2.44. The number of aliphatic carboxylic acids is 1. The number of rotatable bonds is 6. The fraction of sp³-hybridized carbons (Fsp3) is 0.407. The van der Waals surface area contributed by atoms with E-state index in [0.717, 1.165) is 46.3 Å². The van der Waals surface area contributed by atoms with E-state index in [0.29, 0.717) is 26.2 Å². The molecule has 2 aliphatic heterocycles. The number of carbonyl (C=O) groups excluding carboxylic acids is 1. The van der Waals surface area contributed by atoms with Crippen molar-refractivity contribution in [3.8, 4) is 11.8 Å². The number of hydrogen-bond donors (Lipinski definition) is 1. The maximum Gasteiger partial charge on any atom is 0.305 e. The van der Waals surface area contributed by atoms with Gasteiger partial charge in [-0.25, -0.2) is 5.01 Å². The molecule has 1 saturated heterocycles. The van der Waals surface area contributed by atoms with E-state index >= 15 is 0 Å². The molecule has 2 unspecified atom stereocenters. The van der Waals surface area contributed by atoms with Gasteiger partial charge in [-0.05, 0) is 61.7 Å². The SMILES string of the molecule is CC(=O)N1CCCc2ccc(C#Cc3ccc(N4CCN(N(C(C)CC(=O)O)S(=O)[O-])CC4)cc3)cc21. The number of benzene rings is 2. The van der Waals surface area contributed by atoms with E-state index in [9.17, 15) is 18.4 Å². The largest absolute Gasteiger partial charge is 0.759 e. The third-order valence-corrected chi connectivity index (χ3v) is 7.60. The van der Waals surface area contributed by atoms with E-state index in [2.05, 4.69) is 22.8 Å². The molecule has 2 aromatic carbocycles. The highest BCUT2D eigenvalue weighted by molar-refractivity contribution is 7.76. The van der Waals surface area contributed by atoms with Gasteiger partial charge in [-0.15, -0.1) is 0 Å². The first-order chi connectivity index (χ1) is 17.7. The van der Waals surface area contributed by atoms with Crippen LogP contribution >= 0.6 is 0 Å². The molecule has 196 valence electrons. The normalized spacial score (nSPS) is 17.5. The summed E-state index contributed by atoms with van der Waals surface area (Å²) in [6.45, 7) is 6.09. The van der Waals surface area contributed by atoms with Gasteiger partial charge in [-0.1, -0.05) is 17.9 Å². The second kappa shape index (κ2) is 11.9. The van der Waals surface area contributed by atoms with E-state index in [1.165, 1.54) is 5.56 Å². The van der Waals surface area contributed by atoms with Crippen molar-refractivity contribution >= 4 is 34.5 Å². The van der Waals surface area contributed by atoms with Crippen LogP contribution in [-0.4, -0.2) is 73.9 Å². The lowest BCUT2D eigenvalue weighted by Crippen LogP contribution is -2.57. The second-order valence-electron chi connectivity index (χ2n) is 9.32. The first kappa shape index (κ1) is 26.8. The fourth-order valence-electron chi connectivity index (χ4n) is 4.88. The van der Waals surface area contributed by atoms with Gasteiger partial charge in [-0.3, -0.25) is 13.8 Å². The molecule has 9 nitrogen and oxygen atoms in total. The van der Waals surface area contributed by atoms with Gasteiger partial charge in [0.2, 0.25) is 5.91 Å². The van der Waals surface area contributed by atoms with Gasteiger partial charge in [0.05, 0.1) is 6.42 Å². The lowest BCUT2D eigenvalue weighted by atomic mass is 9.99. The number of aryl methyl sites for hydroxylation is 1. The summed E-state index contributed by atoms with van der Waals surface area (Å²) in [7, 11) is 0. The minimum absolute atomic E-state index is 0.0475. The zero-order valence-corrected chi connectivity index (χ0v) is 21.9. The van der Waals surface area contributed by atoms with Crippen LogP contribution in [0, 0.1) is 11.8 Å². The third kappa shape index (κ3) is 6.56. The minimum atomic E-state index is -2.54. The summed E-state index contributed by atoms with van der Waals surface area (Å²) in [6, 6.07) is 13.3. The molecule has 10 heteroatoms. The predicted octanol–water partition coefficient (Wildman–Crippen LogP) is 2.38. The number of fused-ring (bicyclic) bond motifs is 1. The van der Waals surface area contributed by atoms with Crippen LogP contribution in [0.5, 0.6) is 0 Å². The average molecular weight is 524 g/mol. The Labute approximate surface area is 220 Å². The molecule has 0 spiro atoms. The molecule has 1 amide bonds. The molecule has 1 N–H and O–H groups in total. The number of hydrogen-bond acceptors (Lipinski definition) is 6. The van der Waals surface area contributed by atoms with Crippen LogP contribution in [-0.2, 0) is 27.3 Å². The summed E-state index contributed by atoms with van der Waals surface area (Å²) in [6.07, 6.45) is 1.69. The fourth-order valence-corrected chi connectivity index (χ4v) is 5.60. The molecule has 0 bridgehead atoms. The Morgan fingerprint density at radius 1 is 1.05 bits per heavy atom. The van der Waals surface area contributed by atoms with E-state index in [1.807, 2.05) is 41.3 Å². The van der Waals surface area contributed by atoms with E-state index < -0.39 is 23.3 Å². The van der Waals surface area contributed by atoms with Crippen LogP contribution in [0.3, 0.4) is 0 Å². The molecular formula is C27H31N4O5S-. The van der Waals surface area contributed by atoms with Crippen molar-refractivity contribution < 1.29 is 23.5 Å². The Kier molecular flexibility index (Phi) is 8.61. The molecule has 0 saturated carbocycles. The molecule has 4 rings (SSSR count). The highest BCUT2D eigenvalue weighted by Gasteiger charge is 2.28.